The summed E-state index contributed by atoms with van der Waals surface area (Å²) in [6.45, 7) is 1.45. The molecule has 2 N–H and O–H groups in total. The molecular formula is C23H24ClN5O2S. The largest absolute Gasteiger partial charge is 0.326 e. The molecule has 1 aliphatic rings. The second-order valence-corrected chi connectivity index (χ2v) is 9.04. The maximum Gasteiger partial charge on any atom is 0.234 e. The fourth-order valence-electron chi connectivity index (χ4n) is 3.86. The Hall–Kier alpha value is -2.84. The van der Waals surface area contributed by atoms with Crippen LogP contribution in [-0.4, -0.2) is 32.3 Å². The van der Waals surface area contributed by atoms with Gasteiger partial charge in [-0.25, -0.2) is 0 Å². The van der Waals surface area contributed by atoms with Crippen molar-refractivity contribution in [2.45, 2.75) is 43.8 Å². The van der Waals surface area contributed by atoms with Crippen molar-refractivity contribution < 1.29 is 9.59 Å². The number of hydrogen-bond acceptors (Lipinski definition) is 5. The van der Waals surface area contributed by atoms with Crippen LogP contribution in [0.25, 0.3) is 11.4 Å². The van der Waals surface area contributed by atoms with Crippen LogP contribution in [0.1, 0.15) is 38.6 Å². The summed E-state index contributed by atoms with van der Waals surface area (Å²) >= 11 is 7.80. The summed E-state index contributed by atoms with van der Waals surface area (Å²) in [5.41, 5.74) is 2.20. The summed E-state index contributed by atoms with van der Waals surface area (Å²) in [5.74, 6) is 0.683. The Labute approximate surface area is 196 Å². The molecule has 0 bridgehead atoms. The van der Waals surface area contributed by atoms with Gasteiger partial charge in [0.1, 0.15) is 0 Å². The predicted octanol–water partition coefficient (Wildman–Crippen LogP) is 5.40. The molecule has 0 aliphatic heterocycles. The molecule has 2 aromatic carbocycles. The standard InChI is InChI=1S/C23H24ClN5O2S/c1-15(30)25-16-10-12-17(13-11-16)26-21(31)14-32-23-28-27-22(19-8-4-5-9-20(19)24)29(23)18-6-2-3-7-18/h4-5,8-13,18H,2-3,6-7,14H2,1H3,(H,25,30)(H,26,31). The van der Waals surface area contributed by atoms with E-state index >= 15 is 0 Å². The van der Waals surface area contributed by atoms with Crippen LogP contribution in [0.15, 0.2) is 53.7 Å². The lowest BCUT2D eigenvalue weighted by molar-refractivity contribution is -0.114. The Balaban J connectivity index is 1.46. The maximum atomic E-state index is 12.5. The van der Waals surface area contributed by atoms with Gasteiger partial charge in [0, 0.05) is 29.9 Å². The van der Waals surface area contributed by atoms with Crippen LogP contribution >= 0.6 is 23.4 Å². The molecule has 1 fully saturated rings. The van der Waals surface area contributed by atoms with E-state index in [0.717, 1.165) is 29.4 Å². The lowest BCUT2D eigenvalue weighted by Gasteiger charge is -2.17. The average Bonchev–Trinajstić information content (AvgIpc) is 3.43. The number of aromatic nitrogens is 3. The SMILES string of the molecule is CC(=O)Nc1ccc(NC(=O)CSc2nnc(-c3ccccc3Cl)n2C2CCCC2)cc1. The predicted molar refractivity (Wildman–Crippen MR) is 128 cm³/mol. The minimum Gasteiger partial charge on any atom is -0.326 e. The fraction of sp³-hybridized carbons (Fsp3) is 0.304. The quantitative estimate of drug-likeness (QED) is 0.452. The summed E-state index contributed by atoms with van der Waals surface area (Å²) in [5, 5.41) is 15.8. The Morgan fingerprint density at radius 2 is 1.69 bits per heavy atom. The zero-order valence-corrected chi connectivity index (χ0v) is 19.2. The molecule has 0 atom stereocenters. The third-order valence-electron chi connectivity index (χ3n) is 5.29. The van der Waals surface area contributed by atoms with E-state index in [9.17, 15) is 9.59 Å². The molecule has 0 radical (unpaired) electrons. The van der Waals surface area contributed by atoms with Crippen molar-refractivity contribution >= 4 is 46.6 Å². The lowest BCUT2D eigenvalue weighted by Crippen LogP contribution is -2.15. The highest BCUT2D eigenvalue weighted by Crippen LogP contribution is 2.38. The highest BCUT2D eigenvalue weighted by atomic mass is 35.5. The number of nitrogens with one attached hydrogen (secondary N) is 2. The lowest BCUT2D eigenvalue weighted by atomic mass is 10.2. The Morgan fingerprint density at radius 3 is 2.34 bits per heavy atom. The van der Waals surface area contributed by atoms with Crippen molar-refractivity contribution in [1.82, 2.24) is 14.8 Å². The van der Waals surface area contributed by atoms with E-state index in [0.29, 0.717) is 22.4 Å². The zero-order valence-electron chi connectivity index (χ0n) is 17.7. The van der Waals surface area contributed by atoms with Gasteiger partial charge in [0.25, 0.3) is 0 Å². The molecular weight excluding hydrogens is 446 g/mol. The van der Waals surface area contributed by atoms with Crippen molar-refractivity contribution in [2.24, 2.45) is 0 Å². The normalized spacial score (nSPS) is 13.8. The third-order valence-corrected chi connectivity index (χ3v) is 6.56. The van der Waals surface area contributed by atoms with Gasteiger partial charge in [0.05, 0.1) is 10.8 Å². The molecule has 9 heteroatoms. The van der Waals surface area contributed by atoms with Crippen LogP contribution in [0.5, 0.6) is 0 Å². The molecule has 1 heterocycles. The van der Waals surface area contributed by atoms with E-state index in [1.807, 2.05) is 24.3 Å². The summed E-state index contributed by atoms with van der Waals surface area (Å²) in [7, 11) is 0. The summed E-state index contributed by atoms with van der Waals surface area (Å²) in [4.78, 5) is 23.7. The number of amides is 2. The number of nitrogens with zero attached hydrogens (tertiary/aromatic N) is 3. The van der Waals surface area contributed by atoms with Gasteiger partial charge in [-0.1, -0.05) is 48.3 Å². The van der Waals surface area contributed by atoms with Crippen LogP contribution < -0.4 is 10.6 Å². The topological polar surface area (TPSA) is 88.9 Å². The minimum atomic E-state index is -0.138. The second kappa shape index (κ2) is 10.2. The van der Waals surface area contributed by atoms with Crippen LogP contribution in [0.2, 0.25) is 5.02 Å². The van der Waals surface area contributed by atoms with Crippen LogP contribution in [0.3, 0.4) is 0 Å². The van der Waals surface area contributed by atoms with Crippen LogP contribution in [-0.2, 0) is 9.59 Å². The maximum absolute atomic E-state index is 12.5. The van der Waals surface area contributed by atoms with Crippen molar-refractivity contribution in [3.8, 4) is 11.4 Å². The highest BCUT2D eigenvalue weighted by Gasteiger charge is 2.26. The van der Waals surface area contributed by atoms with E-state index in [4.69, 9.17) is 11.6 Å². The van der Waals surface area contributed by atoms with E-state index < -0.39 is 0 Å². The molecule has 3 aromatic rings. The van der Waals surface area contributed by atoms with Crippen molar-refractivity contribution in [3.05, 3.63) is 53.6 Å². The number of halogens is 1. The molecule has 1 saturated carbocycles. The van der Waals surface area contributed by atoms with Gasteiger partial charge in [0.15, 0.2) is 11.0 Å². The highest BCUT2D eigenvalue weighted by molar-refractivity contribution is 7.99. The Bertz CT molecular complexity index is 1110. The molecule has 7 nitrogen and oxygen atoms in total. The first-order chi connectivity index (χ1) is 15.5. The second-order valence-electron chi connectivity index (χ2n) is 7.69. The molecule has 2 amide bonds. The Kier molecular flexibility index (Phi) is 7.12. The van der Waals surface area contributed by atoms with Crippen molar-refractivity contribution in [2.75, 3.05) is 16.4 Å². The summed E-state index contributed by atoms with van der Waals surface area (Å²) in [6, 6.07) is 14.9. The van der Waals surface area contributed by atoms with Gasteiger partial charge in [-0.3, -0.25) is 14.2 Å². The first-order valence-electron chi connectivity index (χ1n) is 10.5. The third kappa shape index (κ3) is 5.31. The van der Waals surface area contributed by atoms with E-state index in [1.165, 1.54) is 31.5 Å². The zero-order chi connectivity index (χ0) is 22.5. The number of anilines is 2. The van der Waals surface area contributed by atoms with Gasteiger partial charge in [-0.2, -0.15) is 0 Å². The number of hydrogen-bond donors (Lipinski definition) is 2. The molecule has 1 aromatic heterocycles. The number of carbonyl (C=O) groups excluding carboxylic acids is 2. The fourth-order valence-corrected chi connectivity index (χ4v) is 4.89. The average molecular weight is 470 g/mol. The van der Waals surface area contributed by atoms with Gasteiger partial charge in [0.2, 0.25) is 11.8 Å². The minimum absolute atomic E-state index is 0.137. The van der Waals surface area contributed by atoms with Crippen molar-refractivity contribution in [3.63, 3.8) is 0 Å². The van der Waals surface area contributed by atoms with Crippen LogP contribution in [0.4, 0.5) is 11.4 Å². The number of benzene rings is 2. The van der Waals surface area contributed by atoms with Gasteiger partial charge >= 0.3 is 0 Å². The monoisotopic (exact) mass is 469 g/mol. The summed E-state index contributed by atoms with van der Waals surface area (Å²) < 4.78 is 2.15. The first-order valence-corrected chi connectivity index (χ1v) is 11.9. The molecule has 0 saturated heterocycles. The van der Waals surface area contributed by atoms with E-state index in [-0.39, 0.29) is 17.6 Å². The molecule has 32 heavy (non-hydrogen) atoms. The van der Waals surface area contributed by atoms with Crippen molar-refractivity contribution in [1.29, 1.82) is 0 Å². The molecule has 1 aliphatic carbocycles. The van der Waals surface area contributed by atoms with Gasteiger partial charge < -0.3 is 10.6 Å². The van der Waals surface area contributed by atoms with Gasteiger partial charge in [-0.05, 0) is 49.2 Å². The Morgan fingerprint density at radius 1 is 1.03 bits per heavy atom. The summed E-state index contributed by atoms with van der Waals surface area (Å²) in [6.07, 6.45) is 4.47. The number of thioether (sulfide) groups is 1. The van der Waals surface area contributed by atoms with E-state index in [2.05, 4.69) is 25.4 Å². The smallest absolute Gasteiger partial charge is 0.234 e. The molecule has 0 spiro atoms. The van der Waals surface area contributed by atoms with Gasteiger partial charge in [-0.15, -0.1) is 10.2 Å². The molecule has 4 rings (SSSR count). The number of rotatable bonds is 7. The number of carbonyl (C=O) groups is 2. The molecule has 0 unspecified atom stereocenters. The first kappa shape index (κ1) is 22.4. The van der Waals surface area contributed by atoms with E-state index in [1.54, 1.807) is 24.3 Å². The van der Waals surface area contributed by atoms with Crippen LogP contribution in [0, 0.1) is 0 Å². The molecule has 166 valence electrons.